The van der Waals surface area contributed by atoms with Crippen LogP contribution in [0.5, 0.6) is 5.75 Å². The van der Waals surface area contributed by atoms with E-state index in [1.54, 1.807) is 6.07 Å². The number of carbonyl (C=O) groups excluding carboxylic acids is 1. The number of rotatable bonds is 5. The minimum absolute atomic E-state index is 0.156. The van der Waals surface area contributed by atoms with Gasteiger partial charge < -0.3 is 10.1 Å². The van der Waals surface area contributed by atoms with Crippen LogP contribution in [0.15, 0.2) is 54.7 Å². The fourth-order valence-electron chi connectivity index (χ4n) is 2.15. The molecule has 0 saturated heterocycles. The van der Waals surface area contributed by atoms with E-state index in [-0.39, 0.29) is 11.5 Å². The summed E-state index contributed by atoms with van der Waals surface area (Å²) in [7, 11) is 0. The van der Waals surface area contributed by atoms with Crippen LogP contribution in [0.4, 0.5) is 18.9 Å². The number of allylic oxidation sites excluding steroid dienone is 1. The van der Waals surface area contributed by atoms with Gasteiger partial charge in [-0.25, -0.2) is 0 Å². The van der Waals surface area contributed by atoms with E-state index in [4.69, 9.17) is 0 Å². The summed E-state index contributed by atoms with van der Waals surface area (Å²) in [6.07, 6.45) is -1.90. The monoisotopic (exact) mass is 335 g/mol. The largest absolute Gasteiger partial charge is 0.573 e. The second kappa shape index (κ2) is 7.21. The molecule has 0 bridgehead atoms. The average molecular weight is 335 g/mol. The van der Waals surface area contributed by atoms with Gasteiger partial charge in [0.15, 0.2) is 5.78 Å². The molecule has 2 aromatic rings. The molecule has 0 saturated carbocycles. The maximum atomic E-state index is 12.1. The molecule has 0 aliphatic heterocycles. The molecule has 0 heterocycles. The molecule has 3 nitrogen and oxygen atoms in total. The van der Waals surface area contributed by atoms with Crippen LogP contribution in [-0.2, 0) is 0 Å². The highest BCUT2D eigenvalue weighted by molar-refractivity contribution is 6.05. The van der Waals surface area contributed by atoms with Crippen LogP contribution in [0.1, 0.15) is 21.5 Å². The molecule has 2 rings (SSSR count). The van der Waals surface area contributed by atoms with Gasteiger partial charge in [0.25, 0.3) is 0 Å². The smallest absolute Gasteiger partial charge is 0.406 e. The van der Waals surface area contributed by atoms with E-state index >= 15 is 0 Å². The first-order chi connectivity index (χ1) is 11.2. The number of aryl methyl sites for hydroxylation is 2. The number of hydrogen-bond acceptors (Lipinski definition) is 3. The van der Waals surface area contributed by atoms with E-state index in [0.717, 1.165) is 11.1 Å². The van der Waals surface area contributed by atoms with Gasteiger partial charge in [0, 0.05) is 23.5 Å². The molecule has 0 aliphatic carbocycles. The van der Waals surface area contributed by atoms with Crippen molar-refractivity contribution < 1.29 is 22.7 Å². The highest BCUT2D eigenvalue weighted by Crippen LogP contribution is 2.23. The maximum Gasteiger partial charge on any atom is 0.573 e. The fourth-order valence-corrected chi connectivity index (χ4v) is 2.15. The second-order valence-corrected chi connectivity index (χ2v) is 5.23. The molecule has 0 aromatic heterocycles. The van der Waals surface area contributed by atoms with Gasteiger partial charge in [-0.3, -0.25) is 4.79 Å². The summed E-state index contributed by atoms with van der Waals surface area (Å²) in [5.41, 5.74) is 3.10. The van der Waals surface area contributed by atoms with Crippen molar-refractivity contribution in [3.05, 3.63) is 71.4 Å². The zero-order chi connectivity index (χ0) is 17.7. The molecule has 6 heteroatoms. The van der Waals surface area contributed by atoms with Gasteiger partial charge in [-0.15, -0.1) is 13.2 Å². The van der Waals surface area contributed by atoms with E-state index in [2.05, 4.69) is 10.1 Å². The SMILES string of the molecule is Cc1ccc(C(=O)/C=C\Nc2ccc(OC(F)(F)F)cc2)c(C)c1. The van der Waals surface area contributed by atoms with E-state index in [1.165, 1.54) is 36.5 Å². The number of nitrogens with one attached hydrogen (secondary N) is 1. The van der Waals surface area contributed by atoms with Crippen LogP contribution in [0.25, 0.3) is 0 Å². The summed E-state index contributed by atoms with van der Waals surface area (Å²) in [6, 6.07) is 10.8. The first kappa shape index (κ1) is 17.6. The number of ether oxygens (including phenoxy) is 1. The standard InChI is InChI=1S/C18H16F3NO2/c1-12-3-8-16(13(2)11-12)17(23)9-10-22-14-4-6-15(7-5-14)24-18(19,20)21/h3-11,22H,1-2H3/b10-9-. The Labute approximate surface area is 137 Å². The molecular formula is C18H16F3NO2. The van der Waals surface area contributed by atoms with Crippen molar-refractivity contribution in [1.82, 2.24) is 0 Å². The highest BCUT2D eigenvalue weighted by atomic mass is 19.4. The number of hydrogen-bond donors (Lipinski definition) is 1. The van der Waals surface area contributed by atoms with Crippen molar-refractivity contribution >= 4 is 11.5 Å². The lowest BCUT2D eigenvalue weighted by Crippen LogP contribution is -2.16. The van der Waals surface area contributed by atoms with E-state index in [0.29, 0.717) is 11.3 Å². The molecule has 1 N–H and O–H groups in total. The molecule has 0 fully saturated rings. The van der Waals surface area contributed by atoms with Crippen LogP contribution < -0.4 is 10.1 Å². The van der Waals surface area contributed by atoms with Gasteiger partial charge >= 0.3 is 6.36 Å². The summed E-state index contributed by atoms with van der Waals surface area (Å²) < 4.78 is 40.0. The molecule has 0 amide bonds. The third-order valence-electron chi connectivity index (χ3n) is 3.22. The molecule has 0 unspecified atom stereocenters. The summed E-state index contributed by atoms with van der Waals surface area (Å²) >= 11 is 0. The van der Waals surface area contributed by atoms with Crippen LogP contribution in [0.3, 0.4) is 0 Å². The van der Waals surface area contributed by atoms with Crippen molar-refractivity contribution in [2.24, 2.45) is 0 Å². The zero-order valence-corrected chi connectivity index (χ0v) is 13.1. The van der Waals surface area contributed by atoms with E-state index < -0.39 is 6.36 Å². The number of ketones is 1. The van der Waals surface area contributed by atoms with Crippen LogP contribution in [-0.4, -0.2) is 12.1 Å². The van der Waals surface area contributed by atoms with Crippen LogP contribution >= 0.6 is 0 Å². The Hall–Kier alpha value is -2.76. The fraction of sp³-hybridized carbons (Fsp3) is 0.167. The van der Waals surface area contributed by atoms with Crippen molar-refractivity contribution in [2.45, 2.75) is 20.2 Å². The van der Waals surface area contributed by atoms with Gasteiger partial charge in [0.2, 0.25) is 0 Å². The highest BCUT2D eigenvalue weighted by Gasteiger charge is 2.30. The molecule has 0 aliphatic rings. The molecule has 24 heavy (non-hydrogen) atoms. The van der Waals surface area contributed by atoms with Crippen LogP contribution in [0, 0.1) is 13.8 Å². The Bertz CT molecular complexity index is 750. The lowest BCUT2D eigenvalue weighted by molar-refractivity contribution is -0.274. The number of halogens is 3. The third-order valence-corrected chi connectivity index (χ3v) is 3.22. The quantitative estimate of drug-likeness (QED) is 0.616. The Balaban J connectivity index is 1.97. The molecule has 2 aromatic carbocycles. The second-order valence-electron chi connectivity index (χ2n) is 5.23. The summed E-state index contributed by atoms with van der Waals surface area (Å²) in [5, 5.41) is 2.83. The van der Waals surface area contributed by atoms with Gasteiger partial charge in [0.05, 0.1) is 0 Å². The molecule has 0 atom stereocenters. The molecule has 126 valence electrons. The predicted molar refractivity (Wildman–Crippen MR) is 86.1 cm³/mol. The van der Waals surface area contributed by atoms with Crippen molar-refractivity contribution in [3.8, 4) is 5.75 Å². The van der Waals surface area contributed by atoms with Crippen molar-refractivity contribution in [3.63, 3.8) is 0 Å². The van der Waals surface area contributed by atoms with Crippen LogP contribution in [0.2, 0.25) is 0 Å². The van der Waals surface area contributed by atoms with Crippen molar-refractivity contribution in [1.29, 1.82) is 0 Å². The Morgan fingerprint density at radius 1 is 1.08 bits per heavy atom. The topological polar surface area (TPSA) is 38.3 Å². The number of anilines is 1. The maximum absolute atomic E-state index is 12.1. The van der Waals surface area contributed by atoms with Gasteiger partial charge in [-0.05, 0) is 43.7 Å². The summed E-state index contributed by atoms with van der Waals surface area (Å²) in [4.78, 5) is 12.1. The Kier molecular flexibility index (Phi) is 5.28. The first-order valence-corrected chi connectivity index (χ1v) is 7.15. The number of carbonyl (C=O) groups is 1. The van der Waals surface area contributed by atoms with E-state index in [1.807, 2.05) is 26.0 Å². The minimum Gasteiger partial charge on any atom is -0.406 e. The van der Waals surface area contributed by atoms with Crippen molar-refractivity contribution in [2.75, 3.05) is 5.32 Å². The van der Waals surface area contributed by atoms with Gasteiger partial charge in [0.1, 0.15) is 5.75 Å². The molecular weight excluding hydrogens is 319 g/mol. The number of benzene rings is 2. The first-order valence-electron chi connectivity index (χ1n) is 7.15. The lowest BCUT2D eigenvalue weighted by atomic mass is 10.0. The molecule has 0 radical (unpaired) electrons. The summed E-state index contributed by atoms with van der Waals surface area (Å²) in [6.45, 7) is 3.81. The zero-order valence-electron chi connectivity index (χ0n) is 13.1. The lowest BCUT2D eigenvalue weighted by Gasteiger charge is -2.09. The molecule has 0 spiro atoms. The Morgan fingerprint density at radius 2 is 1.75 bits per heavy atom. The van der Waals surface area contributed by atoms with Gasteiger partial charge in [-0.2, -0.15) is 0 Å². The number of alkyl halides is 3. The normalized spacial score (nSPS) is 11.5. The minimum atomic E-state index is -4.72. The van der Waals surface area contributed by atoms with Gasteiger partial charge in [-0.1, -0.05) is 23.8 Å². The Morgan fingerprint density at radius 3 is 2.33 bits per heavy atom. The predicted octanol–water partition coefficient (Wildman–Crippen LogP) is 5.01. The van der Waals surface area contributed by atoms with E-state index in [9.17, 15) is 18.0 Å². The average Bonchev–Trinajstić information content (AvgIpc) is 2.47. The summed E-state index contributed by atoms with van der Waals surface area (Å²) in [5.74, 6) is -0.458. The third kappa shape index (κ3) is 5.15.